The Morgan fingerprint density at radius 3 is 0.560 bits per heavy atom. The van der Waals surface area contributed by atoms with Crippen LogP contribution in [0.4, 0.5) is 0 Å². The summed E-state index contributed by atoms with van der Waals surface area (Å²) in [7, 11) is 0. The molecular formula is C25H56. The van der Waals surface area contributed by atoms with Crippen molar-refractivity contribution < 1.29 is 0 Å². The summed E-state index contributed by atoms with van der Waals surface area (Å²) < 4.78 is 0. The molecule has 0 nitrogen and oxygen atoms in total. The molecule has 0 heterocycles. The van der Waals surface area contributed by atoms with E-state index in [1.54, 1.807) is 0 Å². The predicted octanol–water partition coefficient (Wildman–Crippen LogP) is 9.19. The van der Waals surface area contributed by atoms with Crippen LogP contribution in [0.15, 0.2) is 0 Å². The van der Waals surface area contributed by atoms with Crippen molar-refractivity contribution in [1.29, 1.82) is 0 Å². The summed E-state index contributed by atoms with van der Waals surface area (Å²) in [5.74, 6) is 7.75. The third-order valence-electron chi connectivity index (χ3n) is 6.39. The Hall–Kier alpha value is 0. The molecule has 0 saturated heterocycles. The largest absolute Gasteiger partial charge is 0.0651 e. The third kappa shape index (κ3) is 17.2. The zero-order valence-corrected chi connectivity index (χ0v) is 20.9. The molecule has 0 radical (unpaired) electrons. The zero-order valence-electron chi connectivity index (χ0n) is 20.9. The summed E-state index contributed by atoms with van der Waals surface area (Å²) in [5.41, 5.74) is 0. The van der Waals surface area contributed by atoms with Crippen molar-refractivity contribution in [3.05, 3.63) is 0 Å². The second-order valence-corrected chi connectivity index (χ2v) is 10.3. The van der Waals surface area contributed by atoms with Crippen LogP contribution in [-0.4, -0.2) is 0 Å². The van der Waals surface area contributed by atoms with Crippen molar-refractivity contribution in [2.75, 3.05) is 0 Å². The van der Waals surface area contributed by atoms with Gasteiger partial charge in [0, 0.05) is 0 Å². The average molecular weight is 357 g/mol. The van der Waals surface area contributed by atoms with Gasteiger partial charge >= 0.3 is 0 Å². The fraction of sp³-hybridized carbons (Fsp3) is 1.00. The molecule has 0 rings (SSSR count). The van der Waals surface area contributed by atoms with Crippen molar-refractivity contribution in [3.8, 4) is 0 Å². The normalized spacial score (nSPS) is 12.0. The molecule has 0 aromatic carbocycles. The van der Waals surface area contributed by atoms with Gasteiger partial charge in [0.15, 0.2) is 0 Å². The van der Waals surface area contributed by atoms with Crippen LogP contribution in [0.2, 0.25) is 0 Å². The molecule has 0 aliphatic carbocycles. The van der Waals surface area contributed by atoms with Gasteiger partial charge in [-0.25, -0.2) is 0 Å². The highest BCUT2D eigenvalue weighted by Crippen LogP contribution is 2.23. The van der Waals surface area contributed by atoms with Gasteiger partial charge in [-0.3, -0.25) is 0 Å². The number of hydrogen-bond acceptors (Lipinski definition) is 0. The van der Waals surface area contributed by atoms with Crippen molar-refractivity contribution in [1.82, 2.24) is 0 Å². The quantitative estimate of drug-likeness (QED) is 0.426. The van der Waals surface area contributed by atoms with E-state index in [-0.39, 0.29) is 0 Å². The smallest absolute Gasteiger partial charge is 0.0371 e. The van der Waals surface area contributed by atoms with E-state index in [1.807, 2.05) is 0 Å². The SMILES string of the molecule is CC(C)C(C)C(C)C.CC(C)C(C)C(C)C.CCC(C(C)C)C(C)C. The van der Waals surface area contributed by atoms with Crippen molar-refractivity contribution in [2.24, 2.45) is 53.3 Å². The summed E-state index contributed by atoms with van der Waals surface area (Å²) in [5, 5.41) is 0. The van der Waals surface area contributed by atoms with Gasteiger partial charge in [0.2, 0.25) is 0 Å². The first-order valence-electron chi connectivity index (χ1n) is 11.2. The minimum absolute atomic E-state index is 0.843. The molecule has 0 fully saturated rings. The van der Waals surface area contributed by atoms with Gasteiger partial charge in [0.1, 0.15) is 0 Å². The summed E-state index contributed by atoms with van der Waals surface area (Å²) >= 11 is 0. The Bertz CT molecular complexity index is 215. The van der Waals surface area contributed by atoms with Crippen LogP contribution in [0, 0.1) is 53.3 Å². The van der Waals surface area contributed by atoms with E-state index in [4.69, 9.17) is 0 Å². The Morgan fingerprint density at radius 1 is 0.360 bits per heavy atom. The van der Waals surface area contributed by atoms with Gasteiger partial charge < -0.3 is 0 Å². The predicted molar refractivity (Wildman–Crippen MR) is 121 cm³/mol. The van der Waals surface area contributed by atoms with Crippen LogP contribution in [-0.2, 0) is 0 Å². The minimum Gasteiger partial charge on any atom is -0.0651 e. The van der Waals surface area contributed by atoms with Gasteiger partial charge in [0.05, 0.1) is 0 Å². The lowest BCUT2D eigenvalue weighted by molar-refractivity contribution is 0.279. The molecule has 0 saturated carbocycles. The van der Waals surface area contributed by atoms with E-state index < -0.39 is 0 Å². The summed E-state index contributed by atoms with van der Waals surface area (Å²) in [4.78, 5) is 0. The van der Waals surface area contributed by atoms with E-state index in [0.29, 0.717) is 0 Å². The van der Waals surface area contributed by atoms with E-state index in [1.165, 1.54) is 6.42 Å². The molecule has 0 N–H and O–H groups in total. The average Bonchev–Trinajstić information content (AvgIpc) is 2.46. The Labute approximate surface area is 164 Å². The molecule has 0 atom stereocenters. The van der Waals surface area contributed by atoms with Crippen LogP contribution >= 0.6 is 0 Å². The lowest BCUT2D eigenvalue weighted by atomic mass is 9.84. The molecule has 156 valence electrons. The fourth-order valence-electron chi connectivity index (χ4n) is 3.25. The van der Waals surface area contributed by atoms with E-state index in [9.17, 15) is 0 Å². The van der Waals surface area contributed by atoms with Gasteiger partial charge in [0.25, 0.3) is 0 Å². The summed E-state index contributed by atoms with van der Waals surface area (Å²) in [6, 6.07) is 0. The molecule has 0 aromatic heterocycles. The summed E-state index contributed by atoms with van der Waals surface area (Å²) in [6.45, 7) is 34.4. The maximum atomic E-state index is 2.31. The standard InChI is InChI=1S/C9H20.2C8H18/c1-6-9(7(2)3)8(4)5;2*1-6(2)8(5)7(3)4/h7-9H,6H2,1-5H3;2*6-8H,1-5H3. The van der Waals surface area contributed by atoms with Crippen molar-refractivity contribution in [2.45, 2.75) is 110 Å². The van der Waals surface area contributed by atoms with Crippen LogP contribution in [0.5, 0.6) is 0 Å². The number of hydrogen-bond donors (Lipinski definition) is 0. The molecule has 0 aliphatic heterocycles. The molecule has 0 aromatic rings. The first kappa shape index (κ1) is 29.8. The maximum Gasteiger partial charge on any atom is -0.0371 e. The van der Waals surface area contributed by atoms with Crippen LogP contribution in [0.3, 0.4) is 0 Å². The minimum atomic E-state index is 0.843. The molecular weight excluding hydrogens is 300 g/mol. The molecule has 0 bridgehead atoms. The molecule has 0 amide bonds. The Morgan fingerprint density at radius 2 is 0.560 bits per heavy atom. The van der Waals surface area contributed by atoms with Crippen LogP contribution < -0.4 is 0 Å². The van der Waals surface area contributed by atoms with E-state index in [0.717, 1.165) is 53.3 Å². The third-order valence-corrected chi connectivity index (χ3v) is 6.39. The van der Waals surface area contributed by atoms with Gasteiger partial charge in [-0.15, -0.1) is 0 Å². The molecule has 25 heavy (non-hydrogen) atoms. The van der Waals surface area contributed by atoms with Gasteiger partial charge in [-0.05, 0) is 53.3 Å². The summed E-state index contributed by atoms with van der Waals surface area (Å²) in [6.07, 6.45) is 1.33. The highest BCUT2D eigenvalue weighted by Gasteiger charge is 2.14. The lowest BCUT2D eigenvalue weighted by Crippen LogP contribution is -2.13. The molecule has 0 aliphatic rings. The second-order valence-electron chi connectivity index (χ2n) is 10.3. The maximum absolute atomic E-state index is 2.31. The van der Waals surface area contributed by atoms with Crippen molar-refractivity contribution >= 4 is 0 Å². The highest BCUT2D eigenvalue weighted by molar-refractivity contribution is 4.64. The first-order chi connectivity index (χ1) is 11.2. The number of rotatable bonds is 7. The monoisotopic (exact) mass is 356 g/mol. The second kappa shape index (κ2) is 16.2. The Kier molecular flexibility index (Phi) is 19.3. The Balaban J connectivity index is -0.000000291. The van der Waals surface area contributed by atoms with Crippen LogP contribution in [0.25, 0.3) is 0 Å². The van der Waals surface area contributed by atoms with Gasteiger partial charge in [-0.2, -0.15) is 0 Å². The zero-order chi connectivity index (χ0) is 20.9. The molecule has 0 spiro atoms. The lowest BCUT2D eigenvalue weighted by Gasteiger charge is -2.22. The van der Waals surface area contributed by atoms with Crippen molar-refractivity contribution in [3.63, 3.8) is 0 Å². The van der Waals surface area contributed by atoms with E-state index >= 15 is 0 Å². The first-order valence-corrected chi connectivity index (χ1v) is 11.2. The van der Waals surface area contributed by atoms with E-state index in [2.05, 4.69) is 104 Å². The van der Waals surface area contributed by atoms with Gasteiger partial charge in [-0.1, -0.05) is 110 Å². The van der Waals surface area contributed by atoms with Crippen LogP contribution in [0.1, 0.15) is 110 Å². The topological polar surface area (TPSA) is 0 Å². The molecule has 0 heteroatoms. The molecule has 0 unspecified atom stereocenters. The fourth-order valence-corrected chi connectivity index (χ4v) is 3.25. The highest BCUT2D eigenvalue weighted by atomic mass is 14.2.